The summed E-state index contributed by atoms with van der Waals surface area (Å²) in [4.78, 5) is 0. The van der Waals surface area contributed by atoms with E-state index in [-0.39, 0.29) is 5.41 Å². The van der Waals surface area contributed by atoms with Crippen LogP contribution in [0, 0.1) is 0 Å². The maximum atomic E-state index is 2.44. The maximum Gasteiger partial charge on any atom is 0.0541 e. The Hall–Kier alpha value is -3.84. The molecule has 0 aliphatic heterocycles. The van der Waals surface area contributed by atoms with Crippen LogP contribution in [0.4, 0.5) is 0 Å². The molecule has 6 aromatic rings. The lowest BCUT2D eigenvalue weighted by molar-refractivity contribution is 0.666. The molecule has 1 heteroatoms. The van der Waals surface area contributed by atoms with Gasteiger partial charge in [0.2, 0.25) is 0 Å². The minimum absolute atomic E-state index is 0.0229. The van der Waals surface area contributed by atoms with E-state index in [1.165, 1.54) is 60.5 Å². The first-order chi connectivity index (χ1) is 15.7. The molecule has 152 valence electrons. The molecule has 5 aromatic carbocycles. The van der Waals surface area contributed by atoms with Gasteiger partial charge in [-0.1, -0.05) is 98.8 Å². The second kappa shape index (κ2) is 6.11. The first-order valence-corrected chi connectivity index (χ1v) is 11.3. The van der Waals surface area contributed by atoms with Gasteiger partial charge < -0.3 is 4.57 Å². The molecule has 1 aliphatic carbocycles. The lowest BCUT2D eigenvalue weighted by Crippen LogP contribution is -2.15. The zero-order chi connectivity index (χ0) is 21.4. The Kier molecular flexibility index (Phi) is 3.40. The normalized spacial score (nSPS) is 14.2. The van der Waals surface area contributed by atoms with Crippen LogP contribution < -0.4 is 0 Å². The summed E-state index contributed by atoms with van der Waals surface area (Å²) in [7, 11) is 0. The van der Waals surface area contributed by atoms with Crippen molar-refractivity contribution in [1.82, 2.24) is 4.57 Å². The van der Waals surface area contributed by atoms with Crippen molar-refractivity contribution in [2.45, 2.75) is 19.3 Å². The van der Waals surface area contributed by atoms with Crippen molar-refractivity contribution in [3.05, 3.63) is 114 Å². The molecule has 0 fully saturated rings. The summed E-state index contributed by atoms with van der Waals surface area (Å²) in [6.45, 7) is 4.73. The number of benzene rings is 5. The summed E-state index contributed by atoms with van der Waals surface area (Å²) in [6, 6.07) is 37.8. The first kappa shape index (κ1) is 17.8. The summed E-state index contributed by atoms with van der Waals surface area (Å²) < 4.78 is 2.44. The number of nitrogens with zero attached hydrogens (tertiary/aromatic N) is 1. The van der Waals surface area contributed by atoms with Crippen molar-refractivity contribution in [1.29, 1.82) is 0 Å². The van der Waals surface area contributed by atoms with Gasteiger partial charge in [0, 0.05) is 21.6 Å². The fourth-order valence-corrected chi connectivity index (χ4v) is 6.01. The highest BCUT2D eigenvalue weighted by Gasteiger charge is 2.36. The third kappa shape index (κ3) is 2.13. The molecule has 32 heavy (non-hydrogen) atoms. The van der Waals surface area contributed by atoms with Gasteiger partial charge in [0.05, 0.1) is 16.7 Å². The largest absolute Gasteiger partial charge is 0.309 e. The van der Waals surface area contributed by atoms with Crippen molar-refractivity contribution in [2.75, 3.05) is 0 Å². The highest BCUT2D eigenvalue weighted by molar-refractivity contribution is 6.11. The number of rotatable bonds is 1. The van der Waals surface area contributed by atoms with Crippen LogP contribution in [0.1, 0.15) is 25.0 Å². The number of aromatic nitrogens is 1. The number of hydrogen-bond donors (Lipinski definition) is 0. The third-order valence-electron chi connectivity index (χ3n) is 7.38. The molecule has 1 nitrogen and oxygen atoms in total. The van der Waals surface area contributed by atoms with Crippen LogP contribution >= 0.6 is 0 Å². The van der Waals surface area contributed by atoms with E-state index >= 15 is 0 Å². The molecular weight excluding hydrogens is 386 g/mol. The molecule has 0 N–H and O–H groups in total. The minimum atomic E-state index is -0.0229. The van der Waals surface area contributed by atoms with E-state index in [1.807, 2.05) is 0 Å². The van der Waals surface area contributed by atoms with E-state index in [1.54, 1.807) is 0 Å². The molecule has 0 spiro atoms. The quantitative estimate of drug-likeness (QED) is 0.258. The van der Waals surface area contributed by atoms with Gasteiger partial charge in [-0.15, -0.1) is 0 Å². The topological polar surface area (TPSA) is 4.93 Å². The lowest BCUT2D eigenvalue weighted by Gasteiger charge is -2.24. The molecule has 0 saturated carbocycles. The van der Waals surface area contributed by atoms with Gasteiger partial charge >= 0.3 is 0 Å². The fraction of sp³-hybridized carbons (Fsp3) is 0.0968. The van der Waals surface area contributed by atoms with Crippen molar-refractivity contribution in [2.24, 2.45) is 0 Å². The Morgan fingerprint density at radius 3 is 1.88 bits per heavy atom. The van der Waals surface area contributed by atoms with Crippen LogP contribution in [-0.4, -0.2) is 4.57 Å². The third-order valence-corrected chi connectivity index (χ3v) is 7.38. The monoisotopic (exact) mass is 409 g/mol. The summed E-state index contributed by atoms with van der Waals surface area (Å²) in [6.07, 6.45) is 0. The predicted molar refractivity (Wildman–Crippen MR) is 136 cm³/mol. The first-order valence-electron chi connectivity index (χ1n) is 11.3. The average Bonchev–Trinajstić information content (AvgIpc) is 3.29. The summed E-state index contributed by atoms with van der Waals surface area (Å²) >= 11 is 0. The lowest BCUT2D eigenvalue weighted by atomic mass is 9.80. The van der Waals surface area contributed by atoms with E-state index in [2.05, 4.69) is 122 Å². The van der Waals surface area contributed by atoms with E-state index in [4.69, 9.17) is 0 Å². The van der Waals surface area contributed by atoms with Crippen LogP contribution in [0.15, 0.2) is 103 Å². The molecule has 0 saturated heterocycles. The van der Waals surface area contributed by atoms with Gasteiger partial charge in [-0.2, -0.15) is 0 Å². The van der Waals surface area contributed by atoms with Crippen LogP contribution in [0.3, 0.4) is 0 Å². The molecule has 7 rings (SSSR count). The Morgan fingerprint density at radius 2 is 1.12 bits per heavy atom. The Morgan fingerprint density at radius 1 is 0.500 bits per heavy atom. The fourth-order valence-electron chi connectivity index (χ4n) is 6.01. The van der Waals surface area contributed by atoms with Crippen molar-refractivity contribution < 1.29 is 0 Å². The van der Waals surface area contributed by atoms with Crippen LogP contribution in [0.25, 0.3) is 49.4 Å². The molecule has 0 unspecified atom stereocenters. The van der Waals surface area contributed by atoms with E-state index in [0.29, 0.717) is 0 Å². The number of fused-ring (bicyclic) bond motifs is 8. The second-order valence-corrected chi connectivity index (χ2v) is 9.40. The summed E-state index contributed by atoms with van der Waals surface area (Å²) in [5, 5.41) is 5.25. The molecule has 0 amide bonds. The summed E-state index contributed by atoms with van der Waals surface area (Å²) in [5.74, 6) is 0. The average molecular weight is 410 g/mol. The molecule has 0 radical (unpaired) electrons. The van der Waals surface area contributed by atoms with Crippen molar-refractivity contribution >= 4 is 32.6 Å². The zero-order valence-corrected chi connectivity index (χ0v) is 18.3. The SMILES string of the molecule is CC1(C)c2ccccc2-c2ccc3c(-n4c5ccccc5c5ccccc54)cccc3c21. The minimum Gasteiger partial charge on any atom is -0.309 e. The Labute approximate surface area is 187 Å². The van der Waals surface area contributed by atoms with Crippen LogP contribution in [-0.2, 0) is 5.41 Å². The molecular formula is C31H23N. The van der Waals surface area contributed by atoms with Gasteiger partial charge in [0.15, 0.2) is 0 Å². The van der Waals surface area contributed by atoms with Gasteiger partial charge in [0.1, 0.15) is 0 Å². The standard InChI is InChI=1S/C31H23N/c1-31(2)26-14-6-3-10-20(26)25-19-18-23-24(30(25)31)13-9-17-29(23)32-27-15-7-4-11-21(27)22-12-5-8-16-28(22)32/h3-19H,1-2H3. The van der Waals surface area contributed by atoms with E-state index in [0.717, 1.165) is 0 Å². The second-order valence-electron chi connectivity index (χ2n) is 9.40. The smallest absolute Gasteiger partial charge is 0.0541 e. The molecule has 0 atom stereocenters. The van der Waals surface area contributed by atoms with Crippen molar-refractivity contribution in [3.63, 3.8) is 0 Å². The number of hydrogen-bond acceptors (Lipinski definition) is 0. The highest BCUT2D eigenvalue weighted by Crippen LogP contribution is 2.51. The Bertz CT molecular complexity index is 1640. The number of para-hydroxylation sites is 2. The van der Waals surface area contributed by atoms with Gasteiger partial charge in [-0.05, 0) is 45.8 Å². The van der Waals surface area contributed by atoms with Crippen molar-refractivity contribution in [3.8, 4) is 16.8 Å². The highest BCUT2D eigenvalue weighted by atomic mass is 15.0. The van der Waals surface area contributed by atoms with Crippen LogP contribution in [0.5, 0.6) is 0 Å². The van der Waals surface area contributed by atoms with E-state index < -0.39 is 0 Å². The van der Waals surface area contributed by atoms with Gasteiger partial charge in [0.25, 0.3) is 0 Å². The molecule has 1 aliphatic rings. The molecule has 1 aromatic heterocycles. The van der Waals surface area contributed by atoms with Crippen LogP contribution in [0.2, 0.25) is 0 Å². The van der Waals surface area contributed by atoms with Gasteiger partial charge in [-0.3, -0.25) is 0 Å². The van der Waals surface area contributed by atoms with Gasteiger partial charge in [-0.25, -0.2) is 0 Å². The predicted octanol–water partition coefficient (Wildman–Crippen LogP) is 8.24. The zero-order valence-electron chi connectivity index (χ0n) is 18.3. The molecule has 0 bridgehead atoms. The Balaban J connectivity index is 1.62. The van der Waals surface area contributed by atoms with E-state index in [9.17, 15) is 0 Å². The molecule has 1 heterocycles. The maximum absolute atomic E-state index is 2.44. The summed E-state index contributed by atoms with van der Waals surface area (Å²) in [5.41, 5.74) is 9.34.